The zero-order valence-electron chi connectivity index (χ0n) is 17.1. The van der Waals surface area contributed by atoms with Gasteiger partial charge in [0.15, 0.2) is 17.3 Å². The minimum Gasteiger partial charge on any atom is -0.496 e. The number of methoxy groups -OCH3 is 3. The number of thioether (sulfide) groups is 1. The minimum atomic E-state index is -0.273. The lowest BCUT2D eigenvalue weighted by Crippen LogP contribution is -2.13. The first-order valence-electron chi connectivity index (χ1n) is 9.17. The maximum Gasteiger partial charge on any atom is 0.258 e. The van der Waals surface area contributed by atoms with Crippen molar-refractivity contribution in [3.05, 3.63) is 52.6 Å². The number of ether oxygens (including phenoxy) is 3. The van der Waals surface area contributed by atoms with Crippen LogP contribution in [0, 0.1) is 0 Å². The van der Waals surface area contributed by atoms with Crippen molar-refractivity contribution >= 4 is 22.7 Å². The molecule has 10 nitrogen and oxygen atoms in total. The summed E-state index contributed by atoms with van der Waals surface area (Å²) in [7, 11) is 4.62. The van der Waals surface area contributed by atoms with Crippen LogP contribution in [0.15, 0.2) is 46.3 Å². The molecule has 0 amide bonds. The molecule has 0 fully saturated rings. The van der Waals surface area contributed by atoms with Gasteiger partial charge in [0.2, 0.25) is 5.16 Å². The maximum atomic E-state index is 12.5. The fourth-order valence-corrected chi connectivity index (χ4v) is 3.83. The predicted molar refractivity (Wildman–Crippen MR) is 117 cm³/mol. The number of H-pyrrole nitrogens is 1. The highest BCUT2D eigenvalue weighted by Gasteiger charge is 2.17. The van der Waals surface area contributed by atoms with Crippen LogP contribution >= 0.6 is 11.8 Å². The number of benzene rings is 2. The summed E-state index contributed by atoms with van der Waals surface area (Å²) in [6.07, 6.45) is 0. The highest BCUT2D eigenvalue weighted by Crippen LogP contribution is 2.31. The monoisotopic (exact) mass is 440 g/mol. The van der Waals surface area contributed by atoms with E-state index in [0.717, 1.165) is 5.56 Å². The number of nitrogen functional groups attached to an aromatic ring is 1. The van der Waals surface area contributed by atoms with Crippen molar-refractivity contribution in [3.63, 3.8) is 0 Å². The van der Waals surface area contributed by atoms with E-state index in [1.807, 2.05) is 24.3 Å². The molecule has 0 saturated carbocycles. The van der Waals surface area contributed by atoms with Crippen molar-refractivity contribution in [2.45, 2.75) is 10.9 Å². The van der Waals surface area contributed by atoms with Crippen molar-refractivity contribution in [1.29, 1.82) is 0 Å². The maximum absolute atomic E-state index is 12.5. The average molecular weight is 440 g/mol. The Kier molecular flexibility index (Phi) is 5.67. The number of para-hydroxylation sites is 1. The van der Waals surface area contributed by atoms with Gasteiger partial charge in [-0.2, -0.15) is 0 Å². The first-order valence-corrected chi connectivity index (χ1v) is 10.2. The van der Waals surface area contributed by atoms with Crippen LogP contribution in [0.3, 0.4) is 0 Å². The summed E-state index contributed by atoms with van der Waals surface area (Å²) in [5.41, 5.74) is 0.955. The molecule has 3 N–H and O–H groups in total. The van der Waals surface area contributed by atoms with Crippen molar-refractivity contribution < 1.29 is 14.2 Å². The zero-order valence-corrected chi connectivity index (χ0v) is 17.9. The molecule has 0 aliphatic heterocycles. The Bertz CT molecular complexity index is 1300. The fraction of sp³-hybridized carbons (Fsp3) is 0.200. The number of rotatable bonds is 7. The van der Waals surface area contributed by atoms with E-state index in [9.17, 15) is 4.79 Å². The Morgan fingerprint density at radius 3 is 2.48 bits per heavy atom. The summed E-state index contributed by atoms with van der Waals surface area (Å²) in [4.78, 5) is 19.8. The van der Waals surface area contributed by atoms with E-state index >= 15 is 0 Å². The largest absolute Gasteiger partial charge is 0.496 e. The van der Waals surface area contributed by atoms with Gasteiger partial charge >= 0.3 is 0 Å². The third-order valence-electron chi connectivity index (χ3n) is 4.61. The van der Waals surface area contributed by atoms with Gasteiger partial charge in [0.05, 0.1) is 43.5 Å². The lowest BCUT2D eigenvalue weighted by Gasteiger charge is -2.09. The summed E-state index contributed by atoms with van der Waals surface area (Å²) in [5, 5.41) is 9.21. The molecule has 4 rings (SSSR count). The van der Waals surface area contributed by atoms with E-state index in [4.69, 9.17) is 20.1 Å². The molecule has 160 valence electrons. The molecule has 4 aromatic rings. The number of fused-ring (bicyclic) bond motifs is 1. The van der Waals surface area contributed by atoms with Gasteiger partial charge in [0.1, 0.15) is 11.6 Å². The number of aromatic nitrogens is 5. The summed E-state index contributed by atoms with van der Waals surface area (Å²) in [5.74, 6) is 9.08. The molecule has 31 heavy (non-hydrogen) atoms. The molecule has 0 unspecified atom stereocenters. The van der Waals surface area contributed by atoms with Gasteiger partial charge in [-0.25, -0.2) is 9.66 Å². The molecule has 2 aromatic heterocycles. The smallest absolute Gasteiger partial charge is 0.258 e. The Labute approximate surface area is 181 Å². The van der Waals surface area contributed by atoms with E-state index in [-0.39, 0.29) is 5.56 Å². The normalized spacial score (nSPS) is 10.9. The number of aromatic amines is 1. The van der Waals surface area contributed by atoms with Crippen LogP contribution in [0.4, 0.5) is 0 Å². The number of nitrogens with zero attached hydrogens (tertiary/aromatic N) is 4. The topological polar surface area (TPSA) is 130 Å². The van der Waals surface area contributed by atoms with Gasteiger partial charge in [0.25, 0.3) is 5.56 Å². The SMILES string of the molecule is COc1cc2nc(CSc3nnc(-c4ccccc4OC)n3N)[nH]c(=O)c2cc1OC. The second-order valence-corrected chi connectivity index (χ2v) is 7.34. The number of hydrogen-bond acceptors (Lipinski definition) is 9. The Morgan fingerprint density at radius 2 is 1.74 bits per heavy atom. The molecule has 0 aliphatic carbocycles. The van der Waals surface area contributed by atoms with Crippen LogP contribution in [0.25, 0.3) is 22.3 Å². The summed E-state index contributed by atoms with van der Waals surface area (Å²) >= 11 is 1.30. The molecule has 0 aliphatic rings. The third kappa shape index (κ3) is 3.87. The molecule has 2 heterocycles. The van der Waals surface area contributed by atoms with Crippen molar-refractivity contribution in [2.75, 3.05) is 27.2 Å². The Balaban J connectivity index is 1.61. The molecule has 2 aromatic carbocycles. The lowest BCUT2D eigenvalue weighted by atomic mass is 10.2. The van der Waals surface area contributed by atoms with Crippen LogP contribution in [-0.4, -0.2) is 46.2 Å². The molecule has 0 bridgehead atoms. The average Bonchev–Trinajstić information content (AvgIpc) is 3.16. The van der Waals surface area contributed by atoms with E-state index in [1.54, 1.807) is 19.2 Å². The fourth-order valence-electron chi connectivity index (χ4n) is 3.10. The first-order chi connectivity index (χ1) is 15.0. The molecule has 0 spiro atoms. The van der Waals surface area contributed by atoms with Crippen molar-refractivity contribution in [3.8, 4) is 28.6 Å². The van der Waals surface area contributed by atoms with E-state index in [2.05, 4.69) is 20.2 Å². The third-order valence-corrected chi connectivity index (χ3v) is 5.56. The van der Waals surface area contributed by atoms with E-state index < -0.39 is 0 Å². The van der Waals surface area contributed by atoms with Crippen LogP contribution in [0.5, 0.6) is 17.2 Å². The highest BCUT2D eigenvalue weighted by atomic mass is 32.2. The van der Waals surface area contributed by atoms with Crippen LogP contribution in [0.1, 0.15) is 5.82 Å². The van der Waals surface area contributed by atoms with Gasteiger partial charge in [0, 0.05) is 6.07 Å². The predicted octanol–water partition coefficient (Wildman–Crippen LogP) is 2.21. The summed E-state index contributed by atoms with van der Waals surface area (Å²) < 4.78 is 17.3. The van der Waals surface area contributed by atoms with Crippen LogP contribution in [-0.2, 0) is 5.75 Å². The summed E-state index contributed by atoms with van der Waals surface area (Å²) in [6.45, 7) is 0. The first kappa shape index (κ1) is 20.5. The van der Waals surface area contributed by atoms with Gasteiger partial charge in [-0.1, -0.05) is 23.9 Å². The molecule has 0 radical (unpaired) electrons. The second-order valence-electron chi connectivity index (χ2n) is 6.40. The zero-order chi connectivity index (χ0) is 22.0. The quantitative estimate of drug-likeness (QED) is 0.328. The van der Waals surface area contributed by atoms with Crippen molar-refractivity contribution in [1.82, 2.24) is 24.8 Å². The Hall–Kier alpha value is -3.73. The Morgan fingerprint density at radius 1 is 1.03 bits per heavy atom. The van der Waals surface area contributed by atoms with Crippen LogP contribution in [0.2, 0.25) is 0 Å². The van der Waals surface area contributed by atoms with Gasteiger partial charge in [-0.3, -0.25) is 4.79 Å². The number of nitrogens with two attached hydrogens (primary N) is 1. The number of hydrogen-bond donors (Lipinski definition) is 2. The number of nitrogens with one attached hydrogen (secondary N) is 1. The van der Waals surface area contributed by atoms with Gasteiger partial charge < -0.3 is 25.0 Å². The van der Waals surface area contributed by atoms with Crippen LogP contribution < -0.4 is 25.6 Å². The van der Waals surface area contributed by atoms with Crippen molar-refractivity contribution in [2.24, 2.45) is 0 Å². The van der Waals surface area contributed by atoms with E-state index in [1.165, 1.54) is 30.7 Å². The van der Waals surface area contributed by atoms with E-state index in [0.29, 0.717) is 50.7 Å². The highest BCUT2D eigenvalue weighted by molar-refractivity contribution is 7.98. The molecular weight excluding hydrogens is 420 g/mol. The van der Waals surface area contributed by atoms with Gasteiger partial charge in [-0.15, -0.1) is 10.2 Å². The van der Waals surface area contributed by atoms with Gasteiger partial charge in [-0.05, 0) is 18.2 Å². The lowest BCUT2D eigenvalue weighted by molar-refractivity contribution is 0.355. The second kappa shape index (κ2) is 8.56. The molecule has 0 atom stereocenters. The molecule has 0 saturated heterocycles. The molecule has 11 heteroatoms. The molecular formula is C20H20N6O4S. The summed E-state index contributed by atoms with van der Waals surface area (Å²) in [6, 6.07) is 10.7. The minimum absolute atomic E-state index is 0.273. The standard InChI is InChI=1S/C20H20N6O4S/c1-28-14-7-5-4-6-11(14)18-24-25-20(26(18)21)31-10-17-22-13-9-16(30-3)15(29-2)8-12(13)19(27)23-17/h4-9H,10,21H2,1-3H3,(H,22,23,27).